The Morgan fingerprint density at radius 1 is 1.28 bits per heavy atom. The third kappa shape index (κ3) is 2.68. The van der Waals surface area contributed by atoms with Crippen molar-refractivity contribution in [3.05, 3.63) is 52.9 Å². The summed E-state index contributed by atoms with van der Waals surface area (Å²) in [5.41, 5.74) is 7.89. The second-order valence-corrected chi connectivity index (χ2v) is 4.36. The van der Waals surface area contributed by atoms with Crippen molar-refractivity contribution in [3.63, 3.8) is 0 Å². The van der Waals surface area contributed by atoms with Crippen LogP contribution in [-0.2, 0) is 0 Å². The van der Waals surface area contributed by atoms with Crippen LogP contribution in [0.25, 0.3) is 0 Å². The molecule has 4 heteroatoms. The summed E-state index contributed by atoms with van der Waals surface area (Å²) in [5.74, 6) is 0.795. The number of ether oxygens (including phenoxy) is 1. The van der Waals surface area contributed by atoms with Crippen molar-refractivity contribution in [1.82, 2.24) is 0 Å². The molecular formula is C14H16ClNO2. The fourth-order valence-corrected chi connectivity index (χ4v) is 2.01. The summed E-state index contributed by atoms with van der Waals surface area (Å²) in [6.07, 6.45) is 2.49. The highest BCUT2D eigenvalue weighted by atomic mass is 35.5. The van der Waals surface area contributed by atoms with E-state index in [1.807, 2.05) is 24.3 Å². The fraction of sp³-hybridized carbons (Fsp3) is 0.286. The maximum atomic E-state index is 6.21. The van der Waals surface area contributed by atoms with Gasteiger partial charge in [-0.1, -0.05) is 25.1 Å². The van der Waals surface area contributed by atoms with Crippen molar-refractivity contribution in [3.8, 4) is 5.75 Å². The van der Waals surface area contributed by atoms with Gasteiger partial charge >= 0.3 is 0 Å². The van der Waals surface area contributed by atoms with Gasteiger partial charge in [-0.05, 0) is 30.2 Å². The lowest BCUT2D eigenvalue weighted by atomic mass is 10.0. The summed E-state index contributed by atoms with van der Waals surface area (Å²) < 4.78 is 10.8. The van der Waals surface area contributed by atoms with E-state index in [1.165, 1.54) is 6.26 Å². The Hall–Kier alpha value is -1.45. The number of halogens is 1. The Kier molecular flexibility index (Phi) is 4.28. The lowest BCUT2D eigenvalue weighted by Crippen LogP contribution is -2.13. The van der Waals surface area contributed by atoms with Gasteiger partial charge in [0.15, 0.2) is 5.22 Å². The highest BCUT2D eigenvalue weighted by Gasteiger charge is 2.18. The minimum Gasteiger partial charge on any atom is -0.493 e. The van der Waals surface area contributed by atoms with E-state index in [0.29, 0.717) is 11.8 Å². The van der Waals surface area contributed by atoms with E-state index in [9.17, 15) is 0 Å². The molecule has 0 aliphatic rings. The number of para-hydroxylation sites is 1. The zero-order valence-electron chi connectivity index (χ0n) is 10.2. The van der Waals surface area contributed by atoms with E-state index in [0.717, 1.165) is 23.3 Å². The van der Waals surface area contributed by atoms with E-state index in [-0.39, 0.29) is 6.04 Å². The van der Waals surface area contributed by atoms with Crippen molar-refractivity contribution in [2.24, 2.45) is 5.73 Å². The zero-order chi connectivity index (χ0) is 13.0. The van der Waals surface area contributed by atoms with E-state index in [4.69, 9.17) is 26.5 Å². The molecule has 0 bridgehead atoms. The molecule has 0 radical (unpaired) electrons. The van der Waals surface area contributed by atoms with Gasteiger partial charge in [0, 0.05) is 11.1 Å². The second-order valence-electron chi connectivity index (χ2n) is 4.01. The Bertz CT molecular complexity index is 510. The molecular weight excluding hydrogens is 250 g/mol. The quantitative estimate of drug-likeness (QED) is 0.895. The molecule has 0 spiro atoms. The monoisotopic (exact) mass is 265 g/mol. The first-order valence-corrected chi connectivity index (χ1v) is 6.32. The van der Waals surface area contributed by atoms with E-state index in [1.54, 1.807) is 6.07 Å². The van der Waals surface area contributed by atoms with Gasteiger partial charge in [0.1, 0.15) is 5.75 Å². The van der Waals surface area contributed by atoms with Crippen molar-refractivity contribution >= 4 is 11.6 Å². The van der Waals surface area contributed by atoms with Crippen LogP contribution in [-0.4, -0.2) is 6.61 Å². The van der Waals surface area contributed by atoms with Gasteiger partial charge in [-0.3, -0.25) is 0 Å². The molecule has 1 heterocycles. The van der Waals surface area contributed by atoms with Crippen LogP contribution in [0.3, 0.4) is 0 Å². The van der Waals surface area contributed by atoms with Crippen molar-refractivity contribution in [2.75, 3.05) is 6.61 Å². The average Bonchev–Trinajstić information content (AvgIpc) is 2.82. The molecule has 0 aliphatic heterocycles. The number of hydrogen-bond acceptors (Lipinski definition) is 3. The molecule has 96 valence electrons. The molecule has 0 amide bonds. The first-order chi connectivity index (χ1) is 8.74. The summed E-state index contributed by atoms with van der Waals surface area (Å²) >= 11 is 5.95. The molecule has 1 aromatic heterocycles. The van der Waals surface area contributed by atoms with Crippen molar-refractivity contribution < 1.29 is 9.15 Å². The van der Waals surface area contributed by atoms with E-state index >= 15 is 0 Å². The van der Waals surface area contributed by atoms with Crippen molar-refractivity contribution in [2.45, 2.75) is 19.4 Å². The second kappa shape index (κ2) is 5.94. The minimum atomic E-state index is -0.343. The highest BCUT2D eigenvalue weighted by molar-refractivity contribution is 6.29. The van der Waals surface area contributed by atoms with Gasteiger partial charge in [-0.15, -0.1) is 0 Å². The summed E-state index contributed by atoms with van der Waals surface area (Å²) in [6, 6.07) is 9.16. The van der Waals surface area contributed by atoms with Crippen LogP contribution in [0.4, 0.5) is 0 Å². The number of rotatable bonds is 5. The number of benzene rings is 1. The zero-order valence-corrected chi connectivity index (χ0v) is 11.0. The van der Waals surface area contributed by atoms with Gasteiger partial charge in [-0.2, -0.15) is 0 Å². The smallest absolute Gasteiger partial charge is 0.198 e. The molecule has 1 unspecified atom stereocenters. The van der Waals surface area contributed by atoms with Gasteiger partial charge < -0.3 is 14.9 Å². The Morgan fingerprint density at radius 3 is 2.72 bits per heavy atom. The number of hydrogen-bond donors (Lipinski definition) is 1. The maximum Gasteiger partial charge on any atom is 0.198 e. The van der Waals surface area contributed by atoms with Crippen LogP contribution in [0.1, 0.15) is 30.5 Å². The van der Waals surface area contributed by atoms with Crippen LogP contribution >= 0.6 is 11.6 Å². The molecule has 1 atom stereocenters. The summed E-state index contributed by atoms with van der Waals surface area (Å²) in [5, 5.41) is 0.327. The van der Waals surface area contributed by atoms with Crippen LogP contribution in [0.2, 0.25) is 5.22 Å². The topological polar surface area (TPSA) is 48.4 Å². The highest BCUT2D eigenvalue weighted by Crippen LogP contribution is 2.32. The van der Waals surface area contributed by atoms with E-state index in [2.05, 4.69) is 6.92 Å². The van der Waals surface area contributed by atoms with Gasteiger partial charge in [0.25, 0.3) is 0 Å². The van der Waals surface area contributed by atoms with Crippen molar-refractivity contribution in [1.29, 1.82) is 0 Å². The molecule has 1 aromatic carbocycles. The first-order valence-electron chi connectivity index (χ1n) is 5.94. The van der Waals surface area contributed by atoms with Gasteiger partial charge in [0.2, 0.25) is 0 Å². The number of nitrogens with two attached hydrogens (primary N) is 1. The van der Waals surface area contributed by atoms with E-state index < -0.39 is 0 Å². The summed E-state index contributed by atoms with van der Waals surface area (Å²) in [6.45, 7) is 2.73. The predicted molar refractivity (Wildman–Crippen MR) is 72.0 cm³/mol. The largest absolute Gasteiger partial charge is 0.493 e. The summed E-state index contributed by atoms with van der Waals surface area (Å²) in [7, 11) is 0. The molecule has 0 aliphatic carbocycles. The Labute approximate surface area is 111 Å². The average molecular weight is 266 g/mol. The Morgan fingerprint density at radius 2 is 2.06 bits per heavy atom. The standard InChI is InChI=1S/C14H16ClNO2/c1-2-8-17-12-6-4-3-5-10(12)13(16)11-7-9-18-14(11)15/h3-7,9,13H,2,8,16H2,1H3. The molecule has 0 fully saturated rings. The molecule has 2 rings (SSSR count). The lowest BCUT2D eigenvalue weighted by molar-refractivity contribution is 0.313. The minimum absolute atomic E-state index is 0.327. The fourth-order valence-electron chi connectivity index (χ4n) is 1.78. The van der Waals surface area contributed by atoms with Gasteiger partial charge in [-0.25, -0.2) is 0 Å². The normalized spacial score (nSPS) is 12.4. The lowest BCUT2D eigenvalue weighted by Gasteiger charge is -2.16. The number of furan rings is 1. The summed E-state index contributed by atoms with van der Waals surface area (Å²) in [4.78, 5) is 0. The molecule has 0 saturated carbocycles. The third-order valence-corrected chi connectivity index (χ3v) is 3.00. The molecule has 3 nitrogen and oxygen atoms in total. The van der Waals surface area contributed by atoms with Crippen LogP contribution in [0.5, 0.6) is 5.75 Å². The van der Waals surface area contributed by atoms with Crippen LogP contribution in [0.15, 0.2) is 41.0 Å². The molecule has 18 heavy (non-hydrogen) atoms. The van der Waals surface area contributed by atoms with Gasteiger partial charge in [0.05, 0.1) is 18.9 Å². The molecule has 2 N–H and O–H groups in total. The SMILES string of the molecule is CCCOc1ccccc1C(N)c1ccoc1Cl. The molecule has 0 saturated heterocycles. The predicted octanol–water partition coefficient (Wildman–Crippen LogP) is 3.77. The first kappa shape index (κ1) is 13.0. The maximum absolute atomic E-state index is 6.21. The van der Waals surface area contributed by atoms with Crippen LogP contribution < -0.4 is 10.5 Å². The molecule has 2 aromatic rings. The van der Waals surface area contributed by atoms with Crippen LogP contribution in [0, 0.1) is 0 Å². The Balaban J connectivity index is 2.30. The third-order valence-electron chi connectivity index (χ3n) is 2.70.